The number of nitrogens with zero attached hydrogens (tertiary/aromatic N) is 2. The van der Waals surface area contributed by atoms with E-state index in [4.69, 9.17) is 18.6 Å². The van der Waals surface area contributed by atoms with Crippen LogP contribution in [0.1, 0.15) is 44.7 Å². The van der Waals surface area contributed by atoms with Crippen LogP contribution in [0.15, 0.2) is 151 Å². The summed E-state index contributed by atoms with van der Waals surface area (Å²) in [5.41, 5.74) is 2.72. The van der Waals surface area contributed by atoms with Gasteiger partial charge in [-0.05, 0) is 82.1 Å². The van der Waals surface area contributed by atoms with Gasteiger partial charge in [-0.1, -0.05) is 118 Å². The van der Waals surface area contributed by atoms with E-state index in [9.17, 15) is 13.5 Å². The SMILES string of the molecule is C=C[C@@H]1CN(Cc2ccc(OC)cc2OC)[C@@H]([C@@H](O)C2=CCN(S(=O)(=O)c3ccccc3)c3ccc(OC)cc32)C[C@H]1CCO[Si](c1ccccc1)(c1ccccc1)C(C)(C)C. The van der Waals surface area contributed by atoms with Crippen LogP contribution in [0.4, 0.5) is 5.69 Å². The van der Waals surface area contributed by atoms with Crippen molar-refractivity contribution in [3.63, 3.8) is 0 Å². The quantitative estimate of drug-likeness (QED) is 0.0782. The van der Waals surface area contributed by atoms with Crippen LogP contribution in [0.5, 0.6) is 17.2 Å². The van der Waals surface area contributed by atoms with E-state index in [0.29, 0.717) is 60.2 Å². The summed E-state index contributed by atoms with van der Waals surface area (Å²) in [5, 5.41) is 15.2. The lowest BCUT2D eigenvalue weighted by Gasteiger charge is -2.47. The van der Waals surface area contributed by atoms with E-state index in [1.54, 1.807) is 63.8 Å². The molecule has 5 aromatic carbocycles. The summed E-state index contributed by atoms with van der Waals surface area (Å²) in [4.78, 5) is 2.53. The molecule has 0 amide bonds. The number of fused-ring (bicyclic) bond motifs is 1. The lowest BCUT2D eigenvalue weighted by Crippen LogP contribution is -2.66. The fourth-order valence-corrected chi connectivity index (χ4v) is 15.6. The number of aliphatic hydroxyl groups excluding tert-OH is 1. The lowest BCUT2D eigenvalue weighted by atomic mass is 9.76. The van der Waals surface area contributed by atoms with Crippen molar-refractivity contribution in [2.24, 2.45) is 11.8 Å². The number of rotatable bonds is 16. The summed E-state index contributed by atoms with van der Waals surface area (Å²) in [7, 11) is -1.84. The molecule has 7 rings (SSSR count). The van der Waals surface area contributed by atoms with Crippen molar-refractivity contribution in [1.29, 1.82) is 0 Å². The van der Waals surface area contributed by atoms with Gasteiger partial charge < -0.3 is 23.7 Å². The van der Waals surface area contributed by atoms with Crippen LogP contribution in [-0.4, -0.2) is 79.9 Å². The highest BCUT2D eigenvalue weighted by Gasteiger charge is 2.50. The van der Waals surface area contributed by atoms with Crippen LogP contribution in [0.25, 0.3) is 5.57 Å². The Labute approximate surface area is 369 Å². The molecule has 0 spiro atoms. The third-order valence-corrected chi connectivity index (χ3v) is 19.6. The predicted molar refractivity (Wildman–Crippen MR) is 252 cm³/mol. The molecule has 4 atom stereocenters. The van der Waals surface area contributed by atoms with Crippen LogP contribution in [0.3, 0.4) is 0 Å². The molecular formula is C51H60N2O7SSi. The average molecular weight is 873 g/mol. The largest absolute Gasteiger partial charge is 0.497 e. The van der Waals surface area contributed by atoms with Crippen molar-refractivity contribution in [3.05, 3.63) is 157 Å². The first-order valence-electron chi connectivity index (χ1n) is 21.3. The number of benzene rings is 5. The minimum absolute atomic E-state index is 0.0625. The Hall–Kier alpha value is -5.17. The van der Waals surface area contributed by atoms with Crippen LogP contribution >= 0.6 is 0 Å². The number of methoxy groups -OCH3 is 3. The maximum Gasteiger partial charge on any atom is 0.264 e. The minimum Gasteiger partial charge on any atom is -0.497 e. The van der Waals surface area contributed by atoms with E-state index in [0.717, 1.165) is 12.0 Å². The maximum atomic E-state index is 14.1. The van der Waals surface area contributed by atoms with Crippen molar-refractivity contribution in [1.82, 2.24) is 4.90 Å². The van der Waals surface area contributed by atoms with Crippen molar-refractivity contribution in [2.45, 2.75) is 62.2 Å². The lowest BCUT2D eigenvalue weighted by molar-refractivity contribution is 0.00716. The number of likely N-dealkylation sites (tertiary alicyclic amines) is 1. The Bertz CT molecular complexity index is 2400. The molecule has 0 saturated carbocycles. The zero-order valence-electron chi connectivity index (χ0n) is 36.7. The molecule has 2 aliphatic rings. The molecule has 1 fully saturated rings. The Morgan fingerprint density at radius 1 is 0.823 bits per heavy atom. The first kappa shape index (κ1) is 44.9. The van der Waals surface area contributed by atoms with Gasteiger partial charge in [0.05, 0.1) is 44.6 Å². The Balaban J connectivity index is 1.25. The molecule has 0 radical (unpaired) electrons. The highest BCUT2D eigenvalue weighted by molar-refractivity contribution is 7.92. The van der Waals surface area contributed by atoms with Gasteiger partial charge in [-0.15, -0.1) is 6.58 Å². The second kappa shape index (κ2) is 19.1. The van der Waals surface area contributed by atoms with Gasteiger partial charge in [0.15, 0.2) is 0 Å². The van der Waals surface area contributed by atoms with Gasteiger partial charge in [0.2, 0.25) is 0 Å². The summed E-state index contributed by atoms with van der Waals surface area (Å²) in [6, 6.07) is 40.7. The van der Waals surface area contributed by atoms with Crippen LogP contribution in [-0.2, 0) is 21.0 Å². The van der Waals surface area contributed by atoms with Crippen LogP contribution in [0.2, 0.25) is 5.04 Å². The predicted octanol–water partition coefficient (Wildman–Crippen LogP) is 8.33. The van der Waals surface area contributed by atoms with Gasteiger partial charge in [0.25, 0.3) is 18.3 Å². The van der Waals surface area contributed by atoms with E-state index < -0.39 is 24.4 Å². The standard InChI is InChI=1S/C51H60N2O7SSi/c1-8-37-35-52(36-39-24-25-41(58-6)34-49(39)59-7)48(32-38(37)29-31-60-62(51(2,3)4,43-20-14-10-15-21-43)44-22-16-11-17-23-44)50(54)45-28-30-53(47-27-26-40(57-5)33-46(45)47)61(55,56)42-18-12-9-13-19-42/h8-28,33-34,37-38,48,50,54H,1,29-32,35-36H2,2-7H3/t37-,38-,48-,50+/m1/s1. The number of sulfonamides is 1. The van der Waals surface area contributed by atoms with Crippen LogP contribution in [0, 0.1) is 11.8 Å². The number of aliphatic hydroxyl groups is 1. The molecule has 2 heterocycles. The fourth-order valence-electron chi connectivity index (χ4n) is 9.54. The van der Waals surface area contributed by atoms with Gasteiger partial charge in [-0.2, -0.15) is 0 Å². The molecule has 2 aliphatic heterocycles. The Morgan fingerprint density at radius 3 is 2.00 bits per heavy atom. The number of hydrogen-bond acceptors (Lipinski definition) is 8. The highest BCUT2D eigenvalue weighted by Crippen LogP contribution is 2.44. The number of ether oxygens (including phenoxy) is 3. The molecular weight excluding hydrogens is 813 g/mol. The molecule has 5 aromatic rings. The van der Waals surface area contributed by atoms with Gasteiger partial charge in [-0.25, -0.2) is 8.42 Å². The molecule has 11 heteroatoms. The monoisotopic (exact) mass is 872 g/mol. The van der Waals surface area contributed by atoms with Crippen molar-refractivity contribution in [3.8, 4) is 17.2 Å². The molecule has 0 aliphatic carbocycles. The molecule has 1 saturated heterocycles. The number of hydrogen-bond donors (Lipinski definition) is 1. The van der Waals surface area contributed by atoms with Gasteiger partial charge in [0.1, 0.15) is 17.2 Å². The number of piperidine rings is 1. The normalized spacial score (nSPS) is 18.9. The third-order valence-electron chi connectivity index (χ3n) is 12.7. The van der Waals surface area contributed by atoms with E-state index >= 15 is 0 Å². The first-order chi connectivity index (χ1) is 29.9. The van der Waals surface area contributed by atoms with E-state index in [-0.39, 0.29) is 34.4 Å². The Kier molecular flexibility index (Phi) is 13.8. The summed E-state index contributed by atoms with van der Waals surface area (Å²) in [6.07, 6.45) is 4.33. The highest BCUT2D eigenvalue weighted by atomic mass is 32.2. The molecule has 0 bridgehead atoms. The van der Waals surface area contributed by atoms with Gasteiger partial charge >= 0.3 is 0 Å². The summed E-state index contributed by atoms with van der Waals surface area (Å²) in [5.74, 6) is 2.18. The first-order valence-corrected chi connectivity index (χ1v) is 24.7. The van der Waals surface area contributed by atoms with E-state index in [1.165, 1.54) is 14.7 Å². The topological polar surface area (TPSA) is 97.8 Å². The average Bonchev–Trinajstić information content (AvgIpc) is 3.30. The second-order valence-corrected chi connectivity index (χ2v) is 23.4. The summed E-state index contributed by atoms with van der Waals surface area (Å²) >= 11 is 0. The third kappa shape index (κ3) is 8.87. The molecule has 0 aromatic heterocycles. The minimum atomic E-state index is -3.92. The molecule has 1 N–H and O–H groups in total. The second-order valence-electron chi connectivity index (χ2n) is 17.2. The zero-order chi connectivity index (χ0) is 44.1. The maximum absolute atomic E-state index is 14.1. The smallest absolute Gasteiger partial charge is 0.264 e. The molecule has 62 heavy (non-hydrogen) atoms. The van der Waals surface area contributed by atoms with Gasteiger partial charge in [-0.3, -0.25) is 9.21 Å². The van der Waals surface area contributed by atoms with Gasteiger partial charge in [0, 0.05) is 42.9 Å². The van der Waals surface area contributed by atoms with Crippen molar-refractivity contribution >= 4 is 40.0 Å². The van der Waals surface area contributed by atoms with Crippen molar-refractivity contribution in [2.75, 3.05) is 45.3 Å². The van der Waals surface area contributed by atoms with E-state index in [1.807, 2.05) is 30.3 Å². The molecule has 9 nitrogen and oxygen atoms in total. The molecule has 326 valence electrons. The Morgan fingerprint density at radius 2 is 1.42 bits per heavy atom. The number of anilines is 1. The summed E-state index contributed by atoms with van der Waals surface area (Å²) < 4.78 is 54.1. The van der Waals surface area contributed by atoms with Crippen LogP contribution < -0.4 is 28.9 Å². The molecule has 0 unspecified atom stereocenters. The van der Waals surface area contributed by atoms with E-state index in [2.05, 4.69) is 99.0 Å². The summed E-state index contributed by atoms with van der Waals surface area (Å²) in [6.45, 7) is 12.9. The van der Waals surface area contributed by atoms with Crippen molar-refractivity contribution < 1.29 is 32.2 Å². The zero-order valence-corrected chi connectivity index (χ0v) is 38.6. The fraction of sp³-hybridized carbons (Fsp3) is 0.333.